The van der Waals surface area contributed by atoms with Gasteiger partial charge in [0.15, 0.2) is 22.9 Å². The van der Waals surface area contributed by atoms with E-state index in [9.17, 15) is 0 Å². The van der Waals surface area contributed by atoms with E-state index in [0.717, 1.165) is 82.0 Å². The van der Waals surface area contributed by atoms with Crippen LogP contribution in [0.25, 0.3) is 45.0 Å². The fraction of sp³-hybridized carbons (Fsp3) is 0.347. The summed E-state index contributed by atoms with van der Waals surface area (Å²) < 4.78 is 4.90. The predicted octanol–water partition coefficient (Wildman–Crippen LogP) is 10.2. The van der Waals surface area contributed by atoms with Crippen LogP contribution in [-0.2, 0) is 0 Å². The van der Waals surface area contributed by atoms with Gasteiger partial charge in [-0.2, -0.15) is 0 Å². The Hall–Kier alpha value is -5.90. The molecule has 310 valence electrons. The van der Waals surface area contributed by atoms with Crippen LogP contribution in [0.3, 0.4) is 0 Å². The van der Waals surface area contributed by atoms with Gasteiger partial charge in [-0.3, -0.25) is 18.8 Å². The van der Waals surface area contributed by atoms with E-state index in [4.69, 9.17) is 5.11 Å². The molecule has 2 aromatic carbocycles. The van der Waals surface area contributed by atoms with E-state index >= 15 is 0 Å². The molecule has 61 heavy (non-hydrogen) atoms. The van der Waals surface area contributed by atoms with Gasteiger partial charge in [-0.1, -0.05) is 82.1 Å². The molecule has 2 aliphatic carbocycles. The van der Waals surface area contributed by atoms with Gasteiger partial charge in [-0.25, -0.2) is 19.9 Å². The van der Waals surface area contributed by atoms with Crippen LogP contribution in [0.2, 0.25) is 0 Å². The Morgan fingerprint density at radius 3 is 1.59 bits per heavy atom. The number of aliphatic hydroxyl groups excluding tert-OH is 1. The van der Waals surface area contributed by atoms with E-state index in [1.165, 1.54) is 59.4 Å². The van der Waals surface area contributed by atoms with Crippen LogP contribution in [0, 0.1) is 35.5 Å². The first-order valence-electron chi connectivity index (χ1n) is 21.4. The van der Waals surface area contributed by atoms with Gasteiger partial charge in [0.05, 0.1) is 23.8 Å². The van der Waals surface area contributed by atoms with Gasteiger partial charge in [-0.15, -0.1) is 0 Å². The summed E-state index contributed by atoms with van der Waals surface area (Å²) in [6.07, 6.45) is 18.9. The second-order valence-corrected chi connectivity index (χ2v) is 18.0. The van der Waals surface area contributed by atoms with E-state index < -0.39 is 0 Å². The minimum atomic E-state index is -0.200. The van der Waals surface area contributed by atoms with E-state index in [1.54, 1.807) is 0 Å². The number of aromatic nitrogens is 6. The molecule has 6 aromatic rings. The molecular formula is C49H51BrN10O. The van der Waals surface area contributed by atoms with Crippen LogP contribution in [0.4, 0.5) is 11.6 Å². The Morgan fingerprint density at radius 2 is 1.13 bits per heavy atom. The third-order valence-electron chi connectivity index (χ3n) is 11.3. The van der Waals surface area contributed by atoms with Gasteiger partial charge in [0.25, 0.3) is 0 Å². The third kappa shape index (κ3) is 9.24. The molecule has 3 N–H and O–H groups in total. The van der Waals surface area contributed by atoms with Crippen molar-refractivity contribution in [2.75, 3.05) is 30.3 Å². The zero-order valence-electron chi connectivity index (χ0n) is 35.2. The van der Waals surface area contributed by atoms with E-state index in [2.05, 4.69) is 149 Å². The Morgan fingerprint density at radius 1 is 0.672 bits per heavy atom. The summed E-state index contributed by atoms with van der Waals surface area (Å²) in [4.78, 5) is 27.7. The molecule has 0 saturated heterocycles. The summed E-state index contributed by atoms with van der Waals surface area (Å²) in [6, 6.07) is 17.3. The number of nitrogens with one attached hydrogen (secondary N) is 2. The van der Waals surface area contributed by atoms with E-state index in [-0.39, 0.29) is 6.61 Å². The van der Waals surface area contributed by atoms with Crippen LogP contribution < -0.4 is 10.6 Å². The van der Waals surface area contributed by atoms with Gasteiger partial charge >= 0.3 is 0 Å². The summed E-state index contributed by atoms with van der Waals surface area (Å²) >= 11 is 3.54. The molecule has 0 amide bonds. The van der Waals surface area contributed by atoms with Crippen LogP contribution in [0.1, 0.15) is 83.0 Å². The van der Waals surface area contributed by atoms with Crippen molar-refractivity contribution in [3.8, 4) is 34.4 Å². The lowest BCUT2D eigenvalue weighted by atomic mass is 9.99. The Labute approximate surface area is 365 Å². The highest BCUT2D eigenvalue weighted by Gasteiger charge is 2.30. The van der Waals surface area contributed by atoms with E-state index in [1.807, 2.05) is 41.6 Å². The number of rotatable bonds is 12. The largest absolute Gasteiger partial charge is 0.384 e. The maximum Gasteiger partial charge on any atom is 0.180 e. The minimum Gasteiger partial charge on any atom is -0.384 e. The van der Waals surface area contributed by atoms with Gasteiger partial charge in [-0.05, 0) is 93.5 Å². The quantitative estimate of drug-likeness (QED) is 0.104. The Bertz CT molecular complexity index is 2770. The third-order valence-corrected chi connectivity index (χ3v) is 11.7. The number of aliphatic imine (C=N–C) groups is 2. The first kappa shape index (κ1) is 40.5. The fourth-order valence-corrected chi connectivity index (χ4v) is 8.08. The number of hydrogen-bond donors (Lipinski definition) is 3. The normalized spacial score (nSPS) is 15.9. The number of allylic oxidation sites excluding steroid dienone is 2. The monoisotopic (exact) mass is 874 g/mol. The summed E-state index contributed by atoms with van der Waals surface area (Å²) in [5, 5.41) is 15.9. The Kier molecular flexibility index (Phi) is 11.7. The molecule has 0 bridgehead atoms. The zero-order chi connectivity index (χ0) is 42.0. The molecule has 11 nitrogen and oxygen atoms in total. The number of aliphatic hydroxyl groups is 1. The molecule has 0 unspecified atom stereocenters. The lowest BCUT2D eigenvalue weighted by molar-refractivity contribution is 0.350. The number of nitrogens with zero attached hydrogens (tertiary/aromatic N) is 8. The van der Waals surface area contributed by atoms with Crippen molar-refractivity contribution < 1.29 is 5.11 Å². The van der Waals surface area contributed by atoms with Crippen molar-refractivity contribution >= 4 is 61.4 Å². The maximum atomic E-state index is 9.10. The van der Waals surface area contributed by atoms with Crippen molar-refractivity contribution in [1.29, 1.82) is 0 Å². The van der Waals surface area contributed by atoms with Crippen LogP contribution in [0.15, 0.2) is 100 Å². The van der Waals surface area contributed by atoms with Crippen LogP contribution >= 0.6 is 15.9 Å². The molecule has 12 heteroatoms. The minimum absolute atomic E-state index is 0.200. The molecule has 2 fully saturated rings. The Balaban J connectivity index is 0.000000157. The highest BCUT2D eigenvalue weighted by Crippen LogP contribution is 2.39. The van der Waals surface area contributed by atoms with Crippen molar-refractivity contribution in [1.82, 2.24) is 28.7 Å². The zero-order valence-corrected chi connectivity index (χ0v) is 36.7. The molecule has 2 aliphatic heterocycles. The second kappa shape index (κ2) is 17.6. The highest BCUT2D eigenvalue weighted by atomic mass is 79.9. The van der Waals surface area contributed by atoms with Crippen molar-refractivity contribution in [2.45, 2.75) is 66.2 Å². The number of halogens is 1. The SMILES string of the molecule is CC(C)CNc1nc(Br)cn2c(-c3ccc(C4=CN=C(C5CC5)C4)cc3)cnc12.CC(C)CNc1nc(C#CCO)cn2c(-c3ccc(C4=CN=C(C5CC5)C4)cc3)cnc12. The molecule has 0 spiro atoms. The summed E-state index contributed by atoms with van der Waals surface area (Å²) in [6.45, 7) is 10.1. The number of benzene rings is 2. The molecule has 4 aliphatic rings. The second-order valence-electron chi connectivity index (χ2n) is 17.2. The average Bonchev–Trinajstić information content (AvgIpc) is 4.06. The van der Waals surface area contributed by atoms with E-state index in [0.29, 0.717) is 23.3 Å². The number of fused-ring (bicyclic) bond motifs is 2. The summed E-state index contributed by atoms with van der Waals surface area (Å²) in [5.74, 6) is 9.59. The van der Waals surface area contributed by atoms with Gasteiger partial charge < -0.3 is 15.7 Å². The first-order chi connectivity index (χ1) is 29.7. The van der Waals surface area contributed by atoms with Crippen molar-refractivity contribution in [3.05, 3.63) is 107 Å². The molecule has 10 rings (SSSR count). The van der Waals surface area contributed by atoms with Crippen molar-refractivity contribution in [3.63, 3.8) is 0 Å². The molecule has 0 atom stereocenters. The predicted molar refractivity (Wildman–Crippen MR) is 251 cm³/mol. The molecular weight excluding hydrogens is 825 g/mol. The number of hydrogen-bond acceptors (Lipinski definition) is 9. The average molecular weight is 876 g/mol. The maximum absolute atomic E-state index is 9.10. The van der Waals surface area contributed by atoms with Crippen LogP contribution in [-0.4, -0.2) is 65.0 Å². The lowest BCUT2D eigenvalue weighted by Crippen LogP contribution is -2.11. The summed E-state index contributed by atoms with van der Waals surface area (Å²) in [5.41, 5.74) is 14.2. The molecule has 6 heterocycles. The van der Waals surface area contributed by atoms with Gasteiger partial charge in [0.2, 0.25) is 0 Å². The van der Waals surface area contributed by atoms with Gasteiger partial charge in [0.1, 0.15) is 16.9 Å². The van der Waals surface area contributed by atoms with Crippen molar-refractivity contribution in [2.24, 2.45) is 33.7 Å². The topological polar surface area (TPSA) is 129 Å². The number of imidazole rings is 2. The van der Waals surface area contributed by atoms with Crippen LogP contribution in [0.5, 0.6) is 0 Å². The standard InChI is InChI=1S/C26H27N5O.C23H24BrN5/c1-17(2)13-28-25-26-29-15-24(31(26)16-22(30-25)4-3-11-32)20-9-5-18(6-10-20)21-12-23(27-14-21)19-7-8-19;1-14(2)10-26-22-23-27-12-20(29(23)13-21(24)28-22)17-7-3-15(4-8-17)18-9-19(25-11-18)16-5-6-16/h5-6,9-10,14-17,19,32H,7-8,11-13H2,1-2H3,(H,28,30);3-4,7-8,11-14,16H,5-6,9-10H2,1-2H3,(H,26,28). The smallest absolute Gasteiger partial charge is 0.180 e. The summed E-state index contributed by atoms with van der Waals surface area (Å²) in [7, 11) is 0. The molecule has 0 radical (unpaired) electrons. The lowest BCUT2D eigenvalue weighted by Gasteiger charge is -2.11. The molecule has 4 aromatic heterocycles. The number of anilines is 2. The first-order valence-corrected chi connectivity index (χ1v) is 22.2. The fourth-order valence-electron chi connectivity index (χ4n) is 7.69. The van der Waals surface area contributed by atoms with Gasteiger partial charge in [0, 0.05) is 73.3 Å². The molecule has 2 saturated carbocycles. The highest BCUT2D eigenvalue weighted by molar-refractivity contribution is 9.10.